The van der Waals surface area contributed by atoms with Crippen LogP contribution >= 0.6 is 11.8 Å². The number of hydrogen-bond acceptors (Lipinski definition) is 4. The highest BCUT2D eigenvalue weighted by molar-refractivity contribution is 7.99. The Morgan fingerprint density at radius 3 is 2.88 bits per heavy atom. The lowest BCUT2D eigenvalue weighted by Crippen LogP contribution is -2.33. The first-order chi connectivity index (χ1) is 7.68. The van der Waals surface area contributed by atoms with E-state index in [0.29, 0.717) is 19.1 Å². The third-order valence-corrected chi connectivity index (χ3v) is 3.83. The van der Waals surface area contributed by atoms with E-state index < -0.39 is 0 Å². The Morgan fingerprint density at radius 1 is 1.44 bits per heavy atom. The minimum Gasteiger partial charge on any atom is -0.389 e. The van der Waals surface area contributed by atoms with E-state index in [1.165, 1.54) is 17.9 Å². The van der Waals surface area contributed by atoms with Crippen LogP contribution in [0.5, 0.6) is 0 Å². The first kappa shape index (κ1) is 14.3. The second-order valence-electron chi connectivity index (χ2n) is 4.97. The van der Waals surface area contributed by atoms with Gasteiger partial charge in [0.1, 0.15) is 0 Å². The van der Waals surface area contributed by atoms with Crippen molar-refractivity contribution in [3.63, 3.8) is 0 Å². The Morgan fingerprint density at radius 2 is 2.25 bits per heavy atom. The molecule has 96 valence electrons. The van der Waals surface area contributed by atoms with E-state index in [4.69, 9.17) is 4.74 Å². The molecule has 2 atom stereocenters. The zero-order valence-corrected chi connectivity index (χ0v) is 11.3. The van der Waals surface area contributed by atoms with Crippen LogP contribution in [0, 0.1) is 11.8 Å². The molecule has 0 aromatic heterocycles. The van der Waals surface area contributed by atoms with Crippen molar-refractivity contribution in [3.8, 4) is 0 Å². The predicted molar refractivity (Wildman–Crippen MR) is 70.0 cm³/mol. The van der Waals surface area contributed by atoms with Crippen molar-refractivity contribution < 1.29 is 9.84 Å². The Labute approximate surface area is 103 Å². The summed E-state index contributed by atoms with van der Waals surface area (Å²) in [6, 6.07) is 0. The third kappa shape index (κ3) is 6.74. The van der Waals surface area contributed by atoms with Gasteiger partial charge in [0.15, 0.2) is 0 Å². The lowest BCUT2D eigenvalue weighted by Gasteiger charge is -2.15. The van der Waals surface area contributed by atoms with Crippen LogP contribution in [0.4, 0.5) is 0 Å². The van der Waals surface area contributed by atoms with Crippen LogP contribution in [-0.4, -0.2) is 49.0 Å². The van der Waals surface area contributed by atoms with E-state index in [2.05, 4.69) is 19.2 Å². The number of thioether (sulfide) groups is 1. The summed E-state index contributed by atoms with van der Waals surface area (Å²) >= 11 is 2.03. The number of hydrogen-bond donors (Lipinski definition) is 2. The summed E-state index contributed by atoms with van der Waals surface area (Å²) in [4.78, 5) is 0. The van der Waals surface area contributed by atoms with Crippen molar-refractivity contribution in [2.75, 3.05) is 37.8 Å². The summed E-state index contributed by atoms with van der Waals surface area (Å²) in [5.41, 5.74) is 0. The number of rotatable bonds is 8. The molecule has 0 aromatic carbocycles. The van der Waals surface area contributed by atoms with Crippen LogP contribution in [0.15, 0.2) is 0 Å². The Bertz CT molecular complexity index is 172. The first-order valence-corrected chi connectivity index (χ1v) is 7.38. The van der Waals surface area contributed by atoms with Gasteiger partial charge in [0, 0.05) is 13.2 Å². The molecule has 1 fully saturated rings. The van der Waals surface area contributed by atoms with Gasteiger partial charge in [-0.3, -0.25) is 0 Å². The van der Waals surface area contributed by atoms with Gasteiger partial charge in [-0.25, -0.2) is 0 Å². The van der Waals surface area contributed by atoms with Crippen molar-refractivity contribution in [2.24, 2.45) is 11.8 Å². The van der Waals surface area contributed by atoms with Crippen LogP contribution < -0.4 is 5.32 Å². The summed E-state index contributed by atoms with van der Waals surface area (Å²) in [5.74, 6) is 3.91. The SMILES string of the molecule is CC(C)COCC(O)CNCC1CCSC1. The molecule has 1 aliphatic rings. The molecular formula is C12H25NO2S. The quantitative estimate of drug-likeness (QED) is 0.679. The molecule has 0 amide bonds. The molecule has 2 N–H and O–H groups in total. The van der Waals surface area contributed by atoms with Crippen LogP contribution in [0.25, 0.3) is 0 Å². The fourth-order valence-corrected chi connectivity index (χ4v) is 2.98. The van der Waals surface area contributed by atoms with Gasteiger partial charge in [0.2, 0.25) is 0 Å². The highest BCUT2D eigenvalue weighted by atomic mass is 32.2. The van der Waals surface area contributed by atoms with Gasteiger partial charge in [-0.15, -0.1) is 0 Å². The lowest BCUT2D eigenvalue weighted by atomic mass is 10.1. The summed E-state index contributed by atoms with van der Waals surface area (Å²) in [7, 11) is 0. The zero-order valence-electron chi connectivity index (χ0n) is 10.4. The van der Waals surface area contributed by atoms with Crippen molar-refractivity contribution in [2.45, 2.75) is 26.4 Å². The van der Waals surface area contributed by atoms with Gasteiger partial charge in [-0.2, -0.15) is 11.8 Å². The number of ether oxygens (including phenoxy) is 1. The summed E-state index contributed by atoms with van der Waals surface area (Å²) < 4.78 is 5.39. The van der Waals surface area contributed by atoms with Crippen LogP contribution in [-0.2, 0) is 4.74 Å². The summed E-state index contributed by atoms with van der Waals surface area (Å²) in [6.07, 6.45) is 0.949. The molecular weight excluding hydrogens is 222 g/mol. The Hall–Kier alpha value is 0.230. The Balaban J connectivity index is 1.91. The molecule has 16 heavy (non-hydrogen) atoms. The van der Waals surface area contributed by atoms with Crippen LogP contribution in [0.3, 0.4) is 0 Å². The molecule has 2 unspecified atom stereocenters. The molecule has 0 spiro atoms. The fourth-order valence-electron chi connectivity index (χ4n) is 1.70. The maximum atomic E-state index is 9.64. The largest absolute Gasteiger partial charge is 0.389 e. The molecule has 3 nitrogen and oxygen atoms in total. The summed E-state index contributed by atoms with van der Waals surface area (Å²) in [6.45, 7) is 7.10. The monoisotopic (exact) mass is 247 g/mol. The predicted octanol–water partition coefficient (Wildman–Crippen LogP) is 1.36. The van der Waals surface area contributed by atoms with Gasteiger partial charge in [-0.1, -0.05) is 13.8 Å². The van der Waals surface area contributed by atoms with Gasteiger partial charge in [0.05, 0.1) is 12.7 Å². The van der Waals surface area contributed by atoms with Gasteiger partial charge in [0.25, 0.3) is 0 Å². The second kappa shape index (κ2) is 8.34. The van der Waals surface area contributed by atoms with E-state index >= 15 is 0 Å². The Kier molecular flexibility index (Phi) is 7.45. The highest BCUT2D eigenvalue weighted by Crippen LogP contribution is 2.22. The molecule has 0 aliphatic carbocycles. The van der Waals surface area contributed by atoms with Crippen LogP contribution in [0.1, 0.15) is 20.3 Å². The molecule has 1 heterocycles. The van der Waals surface area contributed by atoms with Gasteiger partial charge in [-0.05, 0) is 36.3 Å². The lowest BCUT2D eigenvalue weighted by molar-refractivity contribution is 0.0259. The smallest absolute Gasteiger partial charge is 0.0897 e. The molecule has 1 aliphatic heterocycles. The van der Waals surface area contributed by atoms with E-state index in [1.54, 1.807) is 0 Å². The van der Waals surface area contributed by atoms with Gasteiger partial charge >= 0.3 is 0 Å². The van der Waals surface area contributed by atoms with Crippen molar-refractivity contribution in [1.82, 2.24) is 5.32 Å². The molecule has 0 aromatic rings. The van der Waals surface area contributed by atoms with Crippen molar-refractivity contribution >= 4 is 11.8 Å². The van der Waals surface area contributed by atoms with E-state index in [1.807, 2.05) is 11.8 Å². The number of aliphatic hydroxyl groups excluding tert-OH is 1. The average molecular weight is 247 g/mol. The summed E-state index contributed by atoms with van der Waals surface area (Å²) in [5, 5.41) is 13.0. The maximum absolute atomic E-state index is 9.64. The second-order valence-corrected chi connectivity index (χ2v) is 6.12. The molecule has 0 bridgehead atoms. The molecule has 1 saturated heterocycles. The van der Waals surface area contributed by atoms with E-state index in [-0.39, 0.29) is 6.10 Å². The van der Waals surface area contributed by atoms with E-state index in [9.17, 15) is 5.11 Å². The average Bonchev–Trinajstić information content (AvgIpc) is 2.70. The maximum Gasteiger partial charge on any atom is 0.0897 e. The number of aliphatic hydroxyl groups is 1. The highest BCUT2D eigenvalue weighted by Gasteiger charge is 2.15. The normalized spacial score (nSPS) is 22.9. The minimum absolute atomic E-state index is 0.368. The zero-order chi connectivity index (χ0) is 11.8. The van der Waals surface area contributed by atoms with Crippen molar-refractivity contribution in [3.05, 3.63) is 0 Å². The van der Waals surface area contributed by atoms with Crippen LogP contribution in [0.2, 0.25) is 0 Å². The minimum atomic E-state index is -0.368. The molecule has 0 saturated carbocycles. The fraction of sp³-hybridized carbons (Fsp3) is 1.00. The molecule has 4 heteroatoms. The molecule has 0 radical (unpaired) electrons. The van der Waals surface area contributed by atoms with Crippen molar-refractivity contribution in [1.29, 1.82) is 0 Å². The standard InChI is InChI=1S/C12H25NO2S/c1-10(2)7-15-8-12(14)6-13-5-11-3-4-16-9-11/h10-14H,3-9H2,1-2H3. The third-order valence-electron chi connectivity index (χ3n) is 2.60. The number of nitrogens with one attached hydrogen (secondary N) is 1. The first-order valence-electron chi connectivity index (χ1n) is 6.22. The topological polar surface area (TPSA) is 41.5 Å². The molecule has 1 rings (SSSR count). The van der Waals surface area contributed by atoms with E-state index in [0.717, 1.165) is 19.1 Å². The van der Waals surface area contributed by atoms with Gasteiger partial charge < -0.3 is 15.2 Å².